The highest BCUT2D eigenvalue weighted by molar-refractivity contribution is 7.79. The Morgan fingerprint density at radius 1 is 1.20 bits per heavy atom. The van der Waals surface area contributed by atoms with Gasteiger partial charge in [0.15, 0.2) is 0 Å². The van der Waals surface area contributed by atoms with Gasteiger partial charge in [-0.1, -0.05) is 30.3 Å². The molecule has 1 heterocycles. The normalized spacial score (nSPS) is 17.9. The largest absolute Gasteiger partial charge is 0.353 e. The van der Waals surface area contributed by atoms with E-state index >= 15 is 0 Å². The maximum atomic E-state index is 4.09. The molecule has 0 amide bonds. The van der Waals surface area contributed by atoms with Crippen LogP contribution in [-0.2, 0) is 0 Å². The first kappa shape index (κ1) is 10.5. The van der Waals surface area contributed by atoms with Crippen LogP contribution in [0.5, 0.6) is 0 Å². The van der Waals surface area contributed by atoms with Crippen molar-refractivity contribution in [3.63, 3.8) is 0 Å². The van der Waals surface area contributed by atoms with E-state index in [1.54, 1.807) is 0 Å². The summed E-state index contributed by atoms with van der Waals surface area (Å²) < 4.78 is 4.09. The summed E-state index contributed by atoms with van der Waals surface area (Å²) in [5, 5.41) is 3.32. The number of benzene rings is 1. The fourth-order valence-electron chi connectivity index (χ4n) is 1.77. The summed E-state index contributed by atoms with van der Waals surface area (Å²) >= 11 is 4.06. The third-order valence-electron chi connectivity index (χ3n) is 2.54. The zero-order valence-corrected chi connectivity index (χ0v) is 9.45. The molecule has 0 bridgehead atoms. The van der Waals surface area contributed by atoms with Crippen molar-refractivity contribution in [3.05, 3.63) is 35.9 Å². The molecule has 0 aliphatic carbocycles. The summed E-state index contributed by atoms with van der Waals surface area (Å²) in [6.45, 7) is 4.02. The Hall–Kier alpha value is -1.00. The van der Waals surface area contributed by atoms with Crippen molar-refractivity contribution in [2.45, 2.75) is 0 Å². The van der Waals surface area contributed by atoms with Crippen molar-refractivity contribution in [1.82, 2.24) is 10.2 Å². The first-order valence-corrected chi connectivity index (χ1v) is 5.55. The summed E-state index contributed by atoms with van der Waals surface area (Å²) in [7, 11) is 0. The lowest BCUT2D eigenvalue weighted by Gasteiger charge is -2.30. The van der Waals surface area contributed by atoms with E-state index in [4.69, 9.17) is 0 Å². The van der Waals surface area contributed by atoms with E-state index < -0.39 is 0 Å². The molecule has 0 radical (unpaired) electrons. The van der Waals surface area contributed by atoms with Crippen LogP contribution in [0.2, 0.25) is 0 Å². The molecule has 1 aliphatic heterocycles. The molecule has 0 aromatic heterocycles. The van der Waals surface area contributed by atoms with E-state index in [0.717, 1.165) is 37.6 Å². The monoisotopic (exact) mass is 221 g/mol. The van der Waals surface area contributed by atoms with Gasteiger partial charge in [0.25, 0.3) is 0 Å². The molecular weight excluding hydrogens is 206 g/mol. The Morgan fingerprint density at radius 2 is 1.87 bits per heavy atom. The average Bonchev–Trinajstić information content (AvgIpc) is 2.33. The van der Waals surface area contributed by atoms with Crippen LogP contribution < -0.4 is 5.32 Å². The van der Waals surface area contributed by atoms with E-state index in [0.29, 0.717) is 0 Å². The predicted molar refractivity (Wildman–Crippen MR) is 66.4 cm³/mol. The number of nitrogens with zero attached hydrogens (tertiary/aromatic N) is 2. The Morgan fingerprint density at radius 3 is 2.47 bits per heavy atom. The lowest BCUT2D eigenvalue weighted by Crippen LogP contribution is -2.46. The molecule has 0 unspecified atom stereocenters. The van der Waals surface area contributed by atoms with Gasteiger partial charge in [0.2, 0.25) is 0 Å². The first-order chi connectivity index (χ1) is 7.42. The molecule has 2 rings (SSSR count). The van der Waals surface area contributed by atoms with Crippen molar-refractivity contribution in [2.24, 2.45) is 4.40 Å². The molecular formula is C11H15N3S. The molecule has 1 aromatic rings. The average molecular weight is 221 g/mol. The molecule has 4 heteroatoms. The third-order valence-corrected chi connectivity index (χ3v) is 2.73. The predicted octanol–water partition coefficient (Wildman–Crippen LogP) is 1.18. The quantitative estimate of drug-likeness (QED) is 0.423. The molecule has 1 N–H and O–H groups in total. The van der Waals surface area contributed by atoms with Gasteiger partial charge in [-0.2, -0.15) is 0 Å². The SMILES string of the molecule is SN=C(c1ccccc1)N1CCNCC1. The highest BCUT2D eigenvalue weighted by Gasteiger charge is 2.15. The van der Waals surface area contributed by atoms with E-state index in [1.165, 1.54) is 0 Å². The highest BCUT2D eigenvalue weighted by atomic mass is 32.1. The van der Waals surface area contributed by atoms with Gasteiger partial charge < -0.3 is 10.2 Å². The van der Waals surface area contributed by atoms with Crippen LogP contribution in [0.3, 0.4) is 0 Å². The second-order valence-corrected chi connectivity index (χ2v) is 3.73. The molecule has 3 nitrogen and oxygen atoms in total. The standard InChI is InChI=1S/C11H15N3S/c15-13-11(10-4-2-1-3-5-10)14-8-6-12-7-9-14/h1-5,12,15H,6-9H2. The minimum Gasteiger partial charge on any atom is -0.353 e. The minimum absolute atomic E-state index is 0.973. The Kier molecular flexibility index (Phi) is 3.64. The van der Waals surface area contributed by atoms with Crippen molar-refractivity contribution < 1.29 is 0 Å². The fourth-order valence-corrected chi connectivity index (χ4v) is 2.01. The Balaban J connectivity index is 2.17. The van der Waals surface area contributed by atoms with Crippen molar-refractivity contribution >= 4 is 18.7 Å². The molecule has 80 valence electrons. The van der Waals surface area contributed by atoms with Gasteiger partial charge in [-0.05, 0) is 12.8 Å². The van der Waals surface area contributed by atoms with Crippen LogP contribution in [0.4, 0.5) is 0 Å². The lowest BCUT2D eigenvalue weighted by molar-refractivity contribution is 0.358. The minimum atomic E-state index is 0.973. The highest BCUT2D eigenvalue weighted by Crippen LogP contribution is 2.08. The number of nitrogens with one attached hydrogen (secondary N) is 1. The van der Waals surface area contributed by atoms with Gasteiger partial charge in [-0.3, -0.25) is 0 Å². The summed E-state index contributed by atoms with van der Waals surface area (Å²) in [5.74, 6) is 0.973. The first-order valence-electron chi connectivity index (χ1n) is 5.15. The Labute approximate surface area is 95.7 Å². The number of amidine groups is 1. The zero-order valence-electron chi connectivity index (χ0n) is 8.56. The van der Waals surface area contributed by atoms with E-state index in [-0.39, 0.29) is 0 Å². The molecule has 1 saturated heterocycles. The third kappa shape index (κ3) is 2.52. The molecule has 1 fully saturated rings. The molecule has 1 aromatic carbocycles. The summed E-state index contributed by atoms with van der Waals surface area (Å²) in [4.78, 5) is 2.26. The van der Waals surface area contributed by atoms with Crippen LogP contribution in [0.15, 0.2) is 34.7 Å². The summed E-state index contributed by atoms with van der Waals surface area (Å²) in [6.07, 6.45) is 0. The molecule has 15 heavy (non-hydrogen) atoms. The van der Waals surface area contributed by atoms with Gasteiger partial charge in [0.1, 0.15) is 5.84 Å². The number of hydrogen-bond acceptors (Lipinski definition) is 3. The molecule has 1 aliphatic rings. The second kappa shape index (κ2) is 5.19. The van der Waals surface area contributed by atoms with Gasteiger partial charge in [-0.15, -0.1) is 0 Å². The number of hydrogen-bond donors (Lipinski definition) is 2. The van der Waals surface area contributed by atoms with Gasteiger partial charge in [-0.25, -0.2) is 4.40 Å². The van der Waals surface area contributed by atoms with Crippen molar-refractivity contribution in [3.8, 4) is 0 Å². The number of thiol groups is 1. The van der Waals surface area contributed by atoms with Gasteiger partial charge in [0, 0.05) is 31.7 Å². The van der Waals surface area contributed by atoms with Crippen LogP contribution in [0.1, 0.15) is 5.56 Å². The van der Waals surface area contributed by atoms with Crippen molar-refractivity contribution in [2.75, 3.05) is 26.2 Å². The summed E-state index contributed by atoms with van der Waals surface area (Å²) in [6, 6.07) is 10.2. The topological polar surface area (TPSA) is 27.6 Å². The molecule has 0 atom stereocenters. The molecule has 0 saturated carbocycles. The van der Waals surface area contributed by atoms with E-state index in [2.05, 4.69) is 39.6 Å². The van der Waals surface area contributed by atoms with Gasteiger partial charge in [0.05, 0.1) is 0 Å². The fraction of sp³-hybridized carbons (Fsp3) is 0.364. The number of piperazine rings is 1. The van der Waals surface area contributed by atoms with E-state index in [1.807, 2.05) is 18.2 Å². The van der Waals surface area contributed by atoms with Crippen LogP contribution in [0.25, 0.3) is 0 Å². The maximum absolute atomic E-state index is 4.09. The zero-order chi connectivity index (χ0) is 10.5. The van der Waals surface area contributed by atoms with Gasteiger partial charge >= 0.3 is 0 Å². The van der Waals surface area contributed by atoms with E-state index in [9.17, 15) is 0 Å². The van der Waals surface area contributed by atoms with Crippen LogP contribution in [-0.4, -0.2) is 36.9 Å². The number of rotatable bonds is 1. The maximum Gasteiger partial charge on any atom is 0.143 e. The molecule has 0 spiro atoms. The van der Waals surface area contributed by atoms with Crippen LogP contribution >= 0.6 is 12.8 Å². The van der Waals surface area contributed by atoms with Crippen molar-refractivity contribution in [1.29, 1.82) is 0 Å². The smallest absolute Gasteiger partial charge is 0.143 e. The second-order valence-electron chi connectivity index (χ2n) is 3.53. The summed E-state index contributed by atoms with van der Waals surface area (Å²) in [5.41, 5.74) is 1.13. The lowest BCUT2D eigenvalue weighted by atomic mass is 10.2. The van der Waals surface area contributed by atoms with Crippen LogP contribution in [0, 0.1) is 0 Å². The Bertz CT molecular complexity index is 331.